The lowest BCUT2D eigenvalue weighted by molar-refractivity contribution is 0.179. The summed E-state index contributed by atoms with van der Waals surface area (Å²) in [6, 6.07) is 0. The topological polar surface area (TPSA) is 9.23 Å². The predicted octanol–water partition coefficient (Wildman–Crippen LogP) is 6.66. The van der Waals surface area contributed by atoms with E-state index in [9.17, 15) is 0 Å². The van der Waals surface area contributed by atoms with Crippen LogP contribution in [0.1, 0.15) is 71.6 Å². The molecule has 1 nitrogen and oxygen atoms in total. The lowest BCUT2D eigenvalue weighted by Crippen LogP contribution is -2.37. The van der Waals surface area contributed by atoms with Crippen molar-refractivity contribution in [1.29, 1.82) is 0 Å². The monoisotopic (exact) mass is 410 g/mol. The zero-order valence-corrected chi connectivity index (χ0v) is 17.3. The molecule has 0 aromatic carbocycles. The van der Waals surface area contributed by atoms with Gasteiger partial charge in [-0.15, -0.1) is 6.58 Å². The van der Waals surface area contributed by atoms with Crippen molar-refractivity contribution in [1.82, 2.24) is 0 Å². The molecule has 0 aromatic heterocycles. The first-order valence-corrected chi connectivity index (χ1v) is 12.9. The summed E-state index contributed by atoms with van der Waals surface area (Å²) in [6.07, 6.45) is 12.3. The molecule has 0 heterocycles. The molecule has 1 atom stereocenters. The smallest absolute Gasteiger partial charge is 0.196 e. The number of unbranched alkanes of at least 4 members (excludes halogenated alkanes) is 6. The molecule has 0 rings (SSSR count). The largest absolute Gasteiger partial charge is 0.413 e. The number of alkyl halides is 1. The van der Waals surface area contributed by atoms with Gasteiger partial charge < -0.3 is 4.43 Å². The van der Waals surface area contributed by atoms with Gasteiger partial charge >= 0.3 is 0 Å². The minimum Gasteiger partial charge on any atom is -0.413 e. The van der Waals surface area contributed by atoms with Crippen LogP contribution in [-0.2, 0) is 4.43 Å². The van der Waals surface area contributed by atoms with Gasteiger partial charge in [0.25, 0.3) is 0 Å². The van der Waals surface area contributed by atoms with Crippen molar-refractivity contribution in [2.24, 2.45) is 0 Å². The molecule has 3 heteroatoms. The Hall–Kier alpha value is 0.647. The third-order valence-electron chi connectivity index (χ3n) is 3.51. The molecule has 20 heavy (non-hydrogen) atoms. The SMILES string of the molecule is C=C(C)CC(CCCCCCCCC)O[Si](C)(C)CI. The maximum atomic E-state index is 6.41. The highest BCUT2D eigenvalue weighted by molar-refractivity contribution is 14.1. The molecule has 0 bridgehead atoms. The Kier molecular flexibility index (Phi) is 12.6. The van der Waals surface area contributed by atoms with E-state index in [2.05, 4.69) is 56.1 Å². The van der Waals surface area contributed by atoms with E-state index in [4.69, 9.17) is 4.43 Å². The van der Waals surface area contributed by atoms with Crippen LogP contribution in [0.15, 0.2) is 12.2 Å². The molecule has 0 amide bonds. The summed E-state index contributed by atoms with van der Waals surface area (Å²) in [7, 11) is -1.45. The average Bonchev–Trinajstić information content (AvgIpc) is 2.36. The third kappa shape index (κ3) is 12.4. The van der Waals surface area contributed by atoms with Crippen LogP contribution in [0, 0.1) is 0 Å². The van der Waals surface area contributed by atoms with Crippen molar-refractivity contribution in [3.8, 4) is 0 Å². The van der Waals surface area contributed by atoms with Gasteiger partial charge in [-0.2, -0.15) is 0 Å². The predicted molar refractivity (Wildman–Crippen MR) is 103 cm³/mol. The Morgan fingerprint density at radius 1 is 1.10 bits per heavy atom. The van der Waals surface area contributed by atoms with E-state index in [0.717, 1.165) is 6.42 Å². The second-order valence-electron chi connectivity index (χ2n) is 6.70. The van der Waals surface area contributed by atoms with Crippen LogP contribution in [0.5, 0.6) is 0 Å². The van der Waals surface area contributed by atoms with Gasteiger partial charge in [0.15, 0.2) is 8.32 Å². The van der Waals surface area contributed by atoms with Crippen LogP contribution in [-0.4, -0.2) is 18.5 Å². The van der Waals surface area contributed by atoms with Gasteiger partial charge in [-0.3, -0.25) is 0 Å². The molecular formula is C17H35IOSi. The first-order chi connectivity index (χ1) is 9.41. The van der Waals surface area contributed by atoms with Gasteiger partial charge in [0.2, 0.25) is 0 Å². The standard InChI is InChI=1S/C17H35IOSi/c1-6-7-8-9-10-11-12-13-17(14-16(2)3)19-20(4,5)15-18/h17H,2,6-15H2,1,3-5H3. The van der Waals surface area contributed by atoms with Gasteiger partial charge in [0.05, 0.1) is 0 Å². The Bertz CT molecular complexity index is 253. The second kappa shape index (κ2) is 12.2. The minimum absolute atomic E-state index is 0.416. The molecule has 0 saturated carbocycles. The maximum absolute atomic E-state index is 6.41. The summed E-state index contributed by atoms with van der Waals surface area (Å²) in [5.41, 5.74) is 1.26. The lowest BCUT2D eigenvalue weighted by atomic mass is 10.0. The van der Waals surface area contributed by atoms with Crippen LogP contribution < -0.4 is 0 Å². The average molecular weight is 410 g/mol. The highest BCUT2D eigenvalue weighted by Crippen LogP contribution is 2.21. The van der Waals surface area contributed by atoms with E-state index < -0.39 is 8.32 Å². The van der Waals surface area contributed by atoms with Crippen LogP contribution in [0.2, 0.25) is 13.1 Å². The molecule has 1 unspecified atom stereocenters. The fraction of sp³-hybridized carbons (Fsp3) is 0.882. The van der Waals surface area contributed by atoms with E-state index >= 15 is 0 Å². The Morgan fingerprint density at radius 3 is 2.15 bits per heavy atom. The van der Waals surface area contributed by atoms with Crippen molar-refractivity contribution in [3.63, 3.8) is 0 Å². The molecule has 0 spiro atoms. The van der Waals surface area contributed by atoms with Gasteiger partial charge in [0, 0.05) is 10.2 Å². The summed E-state index contributed by atoms with van der Waals surface area (Å²) < 4.78 is 7.59. The van der Waals surface area contributed by atoms with Crippen molar-refractivity contribution >= 4 is 30.9 Å². The highest BCUT2D eigenvalue weighted by Gasteiger charge is 2.25. The molecule has 0 aliphatic rings. The Balaban J connectivity index is 3.90. The highest BCUT2D eigenvalue weighted by atomic mass is 127. The molecule has 120 valence electrons. The molecule has 0 fully saturated rings. The fourth-order valence-corrected chi connectivity index (χ4v) is 4.11. The first kappa shape index (κ1) is 20.6. The summed E-state index contributed by atoms with van der Waals surface area (Å²) in [6.45, 7) is 13.1. The third-order valence-corrected chi connectivity index (χ3v) is 10.6. The zero-order chi connectivity index (χ0) is 15.4. The number of rotatable bonds is 13. The summed E-state index contributed by atoms with van der Waals surface area (Å²) in [5.74, 6) is 0. The van der Waals surface area contributed by atoms with Crippen molar-refractivity contribution < 1.29 is 4.43 Å². The Morgan fingerprint density at radius 2 is 1.65 bits per heavy atom. The van der Waals surface area contributed by atoms with E-state index in [1.54, 1.807) is 0 Å². The van der Waals surface area contributed by atoms with E-state index in [-0.39, 0.29) is 0 Å². The zero-order valence-electron chi connectivity index (χ0n) is 14.1. The summed E-state index contributed by atoms with van der Waals surface area (Å²) >= 11 is 2.48. The molecule has 0 aliphatic heterocycles. The molecule has 0 aromatic rings. The molecular weight excluding hydrogens is 375 g/mol. The summed E-state index contributed by atoms with van der Waals surface area (Å²) in [5, 5.41) is 0. The maximum Gasteiger partial charge on any atom is 0.196 e. The van der Waals surface area contributed by atoms with Gasteiger partial charge in [-0.25, -0.2) is 0 Å². The lowest BCUT2D eigenvalue weighted by Gasteiger charge is -2.28. The second-order valence-corrected chi connectivity index (χ2v) is 13.0. The molecule has 0 N–H and O–H groups in total. The number of halogens is 1. The molecule has 0 aliphatic carbocycles. The van der Waals surface area contributed by atoms with Crippen LogP contribution in [0.3, 0.4) is 0 Å². The van der Waals surface area contributed by atoms with Crippen LogP contribution >= 0.6 is 22.6 Å². The quantitative estimate of drug-likeness (QED) is 0.108. The molecule has 0 radical (unpaired) electrons. The van der Waals surface area contributed by atoms with Crippen molar-refractivity contribution in [2.75, 3.05) is 4.05 Å². The molecule has 0 saturated heterocycles. The van der Waals surface area contributed by atoms with E-state index in [1.807, 2.05) is 0 Å². The van der Waals surface area contributed by atoms with E-state index in [1.165, 1.54) is 61.0 Å². The Labute approximate surface area is 142 Å². The fourth-order valence-electron chi connectivity index (χ4n) is 2.40. The van der Waals surface area contributed by atoms with Crippen LogP contribution in [0.4, 0.5) is 0 Å². The summed E-state index contributed by atoms with van der Waals surface area (Å²) in [4.78, 5) is 0. The van der Waals surface area contributed by atoms with Crippen LogP contribution in [0.25, 0.3) is 0 Å². The first-order valence-electron chi connectivity index (χ1n) is 8.29. The van der Waals surface area contributed by atoms with E-state index in [0.29, 0.717) is 6.10 Å². The minimum atomic E-state index is -1.45. The number of hydrogen-bond donors (Lipinski definition) is 0. The van der Waals surface area contributed by atoms with Crippen molar-refractivity contribution in [2.45, 2.75) is 90.8 Å². The van der Waals surface area contributed by atoms with Gasteiger partial charge in [-0.05, 0) is 32.9 Å². The van der Waals surface area contributed by atoms with Gasteiger partial charge in [-0.1, -0.05) is 80.0 Å². The van der Waals surface area contributed by atoms with Gasteiger partial charge in [0.1, 0.15) is 0 Å². The normalized spacial score (nSPS) is 13.4. The number of hydrogen-bond acceptors (Lipinski definition) is 1. The van der Waals surface area contributed by atoms with Crippen molar-refractivity contribution in [3.05, 3.63) is 12.2 Å².